The van der Waals surface area contributed by atoms with Gasteiger partial charge in [0.25, 0.3) is 0 Å². The molecule has 18 rings (SSSR count). The van der Waals surface area contributed by atoms with Crippen molar-refractivity contribution in [1.29, 1.82) is 0 Å². The Labute approximate surface area is 438 Å². The van der Waals surface area contributed by atoms with Gasteiger partial charge < -0.3 is 42.6 Å². The van der Waals surface area contributed by atoms with E-state index in [9.17, 15) is 0 Å². The molecule has 17 aliphatic rings. The van der Waals surface area contributed by atoms with Crippen molar-refractivity contribution in [3.63, 3.8) is 0 Å². The fraction of sp³-hybridized carbons (Fsp3) is 0.750. The monoisotopic (exact) mass is 1010 g/mol. The Morgan fingerprint density at radius 1 is 0.500 bits per heavy atom. The average molecular weight is 1010 g/mol. The van der Waals surface area contributed by atoms with E-state index in [-0.39, 0.29) is 16.9 Å². The number of hydrogen-bond donors (Lipinski definition) is 0. The maximum atomic E-state index is 7.35. The molecule has 0 aromatic heterocycles. The van der Waals surface area contributed by atoms with E-state index in [4.69, 9.17) is 42.6 Å². The lowest BCUT2D eigenvalue weighted by molar-refractivity contribution is -0.189. The topological polar surface area (TPSA) is 86.3 Å². The molecule has 23 atom stereocenters. The number of allylic oxidation sites excluding steroid dienone is 10. The third-order valence-corrected chi connectivity index (χ3v) is 26.2. The summed E-state index contributed by atoms with van der Waals surface area (Å²) in [6.45, 7) is 6.99. The molecule has 1 aliphatic heterocycles. The molecular weight excluding hydrogens is 927 g/mol. The van der Waals surface area contributed by atoms with Crippen LogP contribution in [-0.4, -0.2) is 119 Å². The van der Waals surface area contributed by atoms with Gasteiger partial charge in [0.15, 0.2) is 11.5 Å². The Morgan fingerprint density at radius 3 is 1.86 bits per heavy atom. The Bertz CT molecular complexity index is 2770. The predicted octanol–water partition coefficient (Wildman–Crippen LogP) is 9.18. The first kappa shape index (κ1) is 45.0. The Hall–Kier alpha value is -2.96. The zero-order chi connectivity index (χ0) is 48.7. The first-order valence-corrected chi connectivity index (χ1v) is 30.2. The molecule has 394 valence electrons. The zero-order valence-electron chi connectivity index (χ0n) is 44.4. The maximum absolute atomic E-state index is 7.35. The molecule has 16 aliphatic carbocycles. The molecule has 1 saturated heterocycles. The second-order valence-electron chi connectivity index (χ2n) is 27.0. The van der Waals surface area contributed by atoms with Gasteiger partial charge in [-0.15, -0.1) is 0 Å². The van der Waals surface area contributed by atoms with Crippen molar-refractivity contribution >= 4 is 0 Å². The van der Waals surface area contributed by atoms with E-state index in [0.29, 0.717) is 120 Å². The molecule has 10 nitrogen and oxygen atoms in total. The van der Waals surface area contributed by atoms with Crippen molar-refractivity contribution in [2.75, 3.05) is 114 Å². The second kappa shape index (κ2) is 15.9. The molecule has 0 radical (unpaired) electrons. The van der Waals surface area contributed by atoms with E-state index in [1.165, 1.54) is 63.5 Å². The third-order valence-electron chi connectivity index (χ3n) is 26.2. The number of hydrogen-bond acceptors (Lipinski definition) is 10. The SMILES string of the molecule is COCCOCCOc1ccc(C2N(C)CC34C5CCC6C7=C8C9=C(CC7)C7C=CC%10C%11CCC%12C%13=C%14C(=C5CC%13)C3C3C5C%14C%12C%11C%11C%10C7C9C(C5%11)C3C8C624)c(OCCOCCOC)c1OCCOCCOC. The van der Waals surface area contributed by atoms with Gasteiger partial charge in [-0.05, 0) is 205 Å². The summed E-state index contributed by atoms with van der Waals surface area (Å²) in [5.41, 5.74) is 17.7. The van der Waals surface area contributed by atoms with Crippen LogP contribution in [0.3, 0.4) is 0 Å². The quantitative estimate of drug-likeness (QED) is 0.0829. The summed E-state index contributed by atoms with van der Waals surface area (Å²) in [5.74, 6) is 18.9. The van der Waals surface area contributed by atoms with E-state index in [0.717, 1.165) is 94.5 Å². The highest BCUT2D eigenvalue weighted by atomic mass is 16.6. The number of benzene rings is 1. The molecule has 10 fully saturated rings. The van der Waals surface area contributed by atoms with E-state index in [1.54, 1.807) is 21.3 Å². The molecular formula is C64H79NO9. The molecule has 1 aromatic rings. The molecule has 0 bridgehead atoms. The number of ether oxygens (including phenoxy) is 9. The number of fused-ring (bicyclic) bond motifs is 5. The summed E-state index contributed by atoms with van der Waals surface area (Å²) < 4.78 is 55.4. The lowest BCUT2D eigenvalue weighted by atomic mass is 9.33. The fourth-order valence-corrected chi connectivity index (χ4v) is 26.2. The van der Waals surface area contributed by atoms with E-state index >= 15 is 0 Å². The van der Waals surface area contributed by atoms with Crippen LogP contribution < -0.4 is 14.2 Å². The van der Waals surface area contributed by atoms with Crippen LogP contribution in [-0.2, 0) is 28.4 Å². The standard InChI is InChI=1S/C64H79NO9/c1-65-29-63-39-14-15-40-37-12-10-35-33-8-6-31-30-5-7-32-34-9-11-36(39)48-46(34)51-44(32)42(30)50-43(31)45(33)52-47(35)49(37)59(57-55(52)53(50)54(51)56(57)58(48)63)64(40,63)62(65)38-13-16-41(72-26-23-69-20-17-66-2)61(74-28-25-71-22-19-68-4)60(38)73-27-24-70-21-18-67-3/h6,8,13,16,30-33,39-40,42-45,50-59,62H,5,7,9-12,14-15,17-29H2,1-4H3. The predicted molar refractivity (Wildman–Crippen MR) is 275 cm³/mol. The summed E-state index contributed by atoms with van der Waals surface area (Å²) in [6.07, 6.45) is 16.9. The van der Waals surface area contributed by atoms with Gasteiger partial charge in [0.05, 0.1) is 59.5 Å². The maximum Gasteiger partial charge on any atom is 0.204 e. The highest BCUT2D eigenvalue weighted by Crippen LogP contribution is 2.96. The highest BCUT2D eigenvalue weighted by molar-refractivity contribution is 5.69. The molecule has 0 amide bonds. The van der Waals surface area contributed by atoms with Crippen LogP contribution in [0.5, 0.6) is 17.2 Å². The van der Waals surface area contributed by atoms with E-state index < -0.39 is 0 Å². The van der Waals surface area contributed by atoms with Crippen LogP contribution in [0.4, 0.5) is 0 Å². The molecule has 9 saturated carbocycles. The van der Waals surface area contributed by atoms with Gasteiger partial charge in [-0.3, -0.25) is 4.90 Å². The molecule has 2 spiro atoms. The van der Waals surface area contributed by atoms with Crippen molar-refractivity contribution in [2.24, 2.45) is 129 Å². The zero-order valence-corrected chi connectivity index (χ0v) is 44.4. The summed E-state index contributed by atoms with van der Waals surface area (Å²) in [5, 5.41) is 0. The van der Waals surface area contributed by atoms with Crippen molar-refractivity contribution in [1.82, 2.24) is 4.90 Å². The highest BCUT2D eigenvalue weighted by Gasteiger charge is 2.91. The second-order valence-corrected chi connectivity index (χ2v) is 27.0. The van der Waals surface area contributed by atoms with Crippen LogP contribution >= 0.6 is 0 Å². The summed E-state index contributed by atoms with van der Waals surface area (Å²) >= 11 is 0. The number of methoxy groups -OCH3 is 3. The van der Waals surface area contributed by atoms with Gasteiger partial charge in [-0.1, -0.05) is 34.4 Å². The van der Waals surface area contributed by atoms with E-state index in [2.05, 4.69) is 47.4 Å². The largest absolute Gasteiger partial charge is 0.487 e. The molecule has 1 aromatic carbocycles. The summed E-state index contributed by atoms with van der Waals surface area (Å²) in [6, 6.07) is 4.88. The van der Waals surface area contributed by atoms with Crippen LogP contribution in [0.2, 0.25) is 0 Å². The van der Waals surface area contributed by atoms with Gasteiger partial charge in [0, 0.05) is 56.2 Å². The smallest absolute Gasteiger partial charge is 0.204 e. The van der Waals surface area contributed by atoms with Crippen molar-refractivity contribution in [2.45, 2.75) is 57.4 Å². The average Bonchev–Trinajstić information content (AvgIpc) is 3.48. The van der Waals surface area contributed by atoms with Crippen molar-refractivity contribution < 1.29 is 42.6 Å². The molecule has 74 heavy (non-hydrogen) atoms. The fourth-order valence-electron chi connectivity index (χ4n) is 26.2. The van der Waals surface area contributed by atoms with Crippen LogP contribution in [0.15, 0.2) is 68.9 Å². The Kier molecular flexibility index (Phi) is 9.64. The summed E-state index contributed by atoms with van der Waals surface area (Å²) in [7, 11) is 7.75. The third kappa shape index (κ3) is 4.91. The first-order chi connectivity index (χ1) is 36.6. The van der Waals surface area contributed by atoms with Crippen LogP contribution in [0, 0.1) is 129 Å². The molecule has 10 heteroatoms. The van der Waals surface area contributed by atoms with Gasteiger partial charge in [0.1, 0.15) is 19.8 Å². The first-order valence-electron chi connectivity index (χ1n) is 30.2. The van der Waals surface area contributed by atoms with E-state index in [1.807, 2.05) is 33.4 Å². The lowest BCUT2D eigenvalue weighted by Crippen LogP contribution is -2.67. The summed E-state index contributed by atoms with van der Waals surface area (Å²) in [4.78, 5) is 2.97. The normalized spacial score (nSPS) is 48.4. The van der Waals surface area contributed by atoms with Crippen molar-refractivity contribution in [3.05, 3.63) is 74.4 Å². The molecule has 23 unspecified atom stereocenters. The van der Waals surface area contributed by atoms with Crippen LogP contribution in [0.25, 0.3) is 0 Å². The number of rotatable bonds is 22. The van der Waals surface area contributed by atoms with Gasteiger partial charge in [-0.25, -0.2) is 0 Å². The minimum atomic E-state index is 0.0627. The van der Waals surface area contributed by atoms with Gasteiger partial charge in [-0.2, -0.15) is 0 Å². The van der Waals surface area contributed by atoms with Gasteiger partial charge >= 0.3 is 0 Å². The van der Waals surface area contributed by atoms with Crippen molar-refractivity contribution in [3.8, 4) is 17.2 Å². The van der Waals surface area contributed by atoms with Gasteiger partial charge in [0.2, 0.25) is 5.75 Å². The minimum absolute atomic E-state index is 0.0627. The minimum Gasteiger partial charge on any atom is -0.487 e. The number of likely N-dealkylation sites (tertiary alicyclic amines) is 1. The molecule has 1 heterocycles. The Morgan fingerprint density at radius 2 is 1.11 bits per heavy atom. The number of nitrogens with zero attached hydrogens (tertiary/aromatic N) is 1. The molecule has 0 N–H and O–H groups in total. The lowest BCUT2D eigenvalue weighted by Gasteiger charge is -2.69. The Balaban J connectivity index is 0.849. The van der Waals surface area contributed by atoms with Crippen LogP contribution in [0.1, 0.15) is 63.0 Å².